The number of methoxy groups -OCH3 is 1. The van der Waals surface area contributed by atoms with Crippen molar-refractivity contribution in [2.24, 2.45) is 0 Å². The topological polar surface area (TPSA) is 35.5 Å². The minimum absolute atomic E-state index is 0.417. The van der Waals surface area contributed by atoms with E-state index in [0.29, 0.717) is 16.9 Å². The molecule has 1 aliphatic rings. The molecular formula is C11H9Cl3O3. The molecule has 0 bridgehead atoms. The maximum Gasteiger partial charge on any atom is 0.339 e. The Morgan fingerprint density at radius 3 is 2.53 bits per heavy atom. The van der Waals surface area contributed by atoms with Gasteiger partial charge >= 0.3 is 5.97 Å². The van der Waals surface area contributed by atoms with Crippen LogP contribution in [0.15, 0.2) is 12.1 Å². The lowest BCUT2D eigenvalue weighted by Gasteiger charge is -2.20. The third-order valence-corrected chi connectivity index (χ3v) is 3.22. The van der Waals surface area contributed by atoms with Gasteiger partial charge in [-0.25, -0.2) is 4.79 Å². The molecule has 2 rings (SSSR count). The number of aryl methyl sites for hydroxylation is 1. The highest BCUT2D eigenvalue weighted by Gasteiger charge is 2.46. The summed E-state index contributed by atoms with van der Waals surface area (Å²) in [4.78, 5) is 11.8. The van der Waals surface area contributed by atoms with Crippen molar-refractivity contribution in [3.63, 3.8) is 0 Å². The largest absolute Gasteiger partial charge is 0.496 e. The van der Waals surface area contributed by atoms with E-state index in [-0.39, 0.29) is 0 Å². The fraction of sp³-hybridized carbons (Fsp3) is 0.364. The standard InChI is InChI=1S/C11H9Cl3O3/c1-5-3-4-6(16-2)8-7(5)10(15)17-9(8)11(12,13)14/h3-4,9H,1-2H3. The van der Waals surface area contributed by atoms with Crippen LogP contribution in [-0.4, -0.2) is 16.9 Å². The van der Waals surface area contributed by atoms with Gasteiger partial charge in [-0.15, -0.1) is 0 Å². The number of cyclic esters (lactones) is 1. The Kier molecular flexibility index (Phi) is 3.19. The minimum Gasteiger partial charge on any atom is -0.496 e. The number of esters is 1. The molecule has 0 fully saturated rings. The van der Waals surface area contributed by atoms with E-state index in [1.807, 2.05) is 0 Å². The molecule has 1 unspecified atom stereocenters. The highest BCUT2D eigenvalue weighted by molar-refractivity contribution is 6.68. The first-order valence-corrected chi connectivity index (χ1v) is 5.95. The predicted octanol–water partition coefficient (Wildman–Crippen LogP) is 3.59. The molecule has 0 spiro atoms. The van der Waals surface area contributed by atoms with E-state index in [2.05, 4.69) is 0 Å². The number of rotatable bonds is 1. The van der Waals surface area contributed by atoms with Crippen molar-refractivity contribution in [1.29, 1.82) is 0 Å². The molecule has 0 radical (unpaired) electrons. The molecule has 92 valence electrons. The highest BCUT2D eigenvalue weighted by Crippen LogP contribution is 2.50. The van der Waals surface area contributed by atoms with E-state index in [1.54, 1.807) is 19.1 Å². The van der Waals surface area contributed by atoms with Gasteiger partial charge in [-0.1, -0.05) is 40.9 Å². The quantitative estimate of drug-likeness (QED) is 0.587. The summed E-state index contributed by atoms with van der Waals surface area (Å²) in [5.74, 6) is -0.0134. The van der Waals surface area contributed by atoms with E-state index >= 15 is 0 Å². The van der Waals surface area contributed by atoms with Crippen LogP contribution in [0.1, 0.15) is 27.6 Å². The lowest BCUT2D eigenvalue weighted by molar-refractivity contribution is 0.0390. The molecule has 1 atom stereocenters. The van der Waals surface area contributed by atoms with Gasteiger partial charge in [0.25, 0.3) is 0 Å². The molecule has 17 heavy (non-hydrogen) atoms. The van der Waals surface area contributed by atoms with Crippen LogP contribution in [0.2, 0.25) is 0 Å². The average molecular weight is 296 g/mol. The van der Waals surface area contributed by atoms with Crippen molar-refractivity contribution in [1.82, 2.24) is 0 Å². The Bertz CT molecular complexity index is 480. The Balaban J connectivity index is 2.67. The van der Waals surface area contributed by atoms with Crippen LogP contribution >= 0.6 is 34.8 Å². The SMILES string of the molecule is COc1ccc(C)c2c1C(C(Cl)(Cl)Cl)OC2=O. The molecule has 0 amide bonds. The van der Waals surface area contributed by atoms with E-state index in [4.69, 9.17) is 44.3 Å². The number of fused-ring (bicyclic) bond motifs is 1. The summed E-state index contributed by atoms with van der Waals surface area (Å²) in [5, 5.41) is 0. The van der Waals surface area contributed by atoms with Crippen LogP contribution in [0.25, 0.3) is 0 Å². The number of benzene rings is 1. The number of hydrogen-bond donors (Lipinski definition) is 0. The molecule has 1 aliphatic heterocycles. The minimum atomic E-state index is -1.72. The summed E-state index contributed by atoms with van der Waals surface area (Å²) in [5.41, 5.74) is 1.68. The molecule has 1 heterocycles. The van der Waals surface area contributed by atoms with Gasteiger partial charge in [0.1, 0.15) is 5.75 Å². The second-order valence-corrected chi connectivity index (χ2v) is 6.07. The van der Waals surface area contributed by atoms with Crippen LogP contribution < -0.4 is 4.74 Å². The Morgan fingerprint density at radius 2 is 2.00 bits per heavy atom. The zero-order valence-corrected chi connectivity index (χ0v) is 11.4. The summed E-state index contributed by atoms with van der Waals surface area (Å²) >= 11 is 17.4. The van der Waals surface area contributed by atoms with Crippen molar-refractivity contribution in [2.45, 2.75) is 16.8 Å². The normalized spacial score (nSPS) is 18.9. The first-order chi connectivity index (χ1) is 7.86. The molecule has 0 aromatic heterocycles. The van der Waals surface area contributed by atoms with Gasteiger partial charge in [0.2, 0.25) is 3.79 Å². The second kappa shape index (κ2) is 4.23. The zero-order valence-electron chi connectivity index (χ0n) is 9.09. The summed E-state index contributed by atoms with van der Waals surface area (Å²) in [6.07, 6.45) is -0.940. The van der Waals surface area contributed by atoms with Crippen LogP contribution in [0.5, 0.6) is 5.75 Å². The Labute approximate surface area is 114 Å². The lowest BCUT2D eigenvalue weighted by Crippen LogP contribution is -2.17. The first-order valence-electron chi connectivity index (χ1n) is 4.81. The monoisotopic (exact) mass is 294 g/mol. The van der Waals surface area contributed by atoms with Crippen LogP contribution in [-0.2, 0) is 4.74 Å². The molecule has 1 aromatic rings. The molecular weight excluding hydrogens is 286 g/mol. The summed E-state index contributed by atoms with van der Waals surface area (Å²) < 4.78 is 8.56. The van der Waals surface area contributed by atoms with Crippen LogP contribution in [0, 0.1) is 6.92 Å². The third-order valence-electron chi connectivity index (χ3n) is 2.62. The average Bonchev–Trinajstić information content (AvgIpc) is 2.58. The van der Waals surface area contributed by atoms with Crippen LogP contribution in [0.3, 0.4) is 0 Å². The summed E-state index contributed by atoms with van der Waals surface area (Å²) in [6.45, 7) is 1.79. The van der Waals surface area contributed by atoms with Crippen molar-refractivity contribution >= 4 is 40.8 Å². The van der Waals surface area contributed by atoms with E-state index in [0.717, 1.165) is 5.56 Å². The van der Waals surface area contributed by atoms with Gasteiger partial charge in [0.15, 0.2) is 6.10 Å². The van der Waals surface area contributed by atoms with Crippen molar-refractivity contribution in [3.05, 3.63) is 28.8 Å². The van der Waals surface area contributed by atoms with Gasteiger partial charge in [0.05, 0.1) is 18.2 Å². The first kappa shape index (κ1) is 12.8. The fourth-order valence-corrected chi connectivity index (χ4v) is 2.33. The highest BCUT2D eigenvalue weighted by atomic mass is 35.6. The predicted molar refractivity (Wildman–Crippen MR) is 66.2 cm³/mol. The van der Waals surface area contributed by atoms with Gasteiger partial charge in [-0.2, -0.15) is 0 Å². The van der Waals surface area contributed by atoms with Gasteiger partial charge < -0.3 is 9.47 Å². The van der Waals surface area contributed by atoms with E-state index < -0.39 is 15.9 Å². The number of hydrogen-bond acceptors (Lipinski definition) is 3. The fourth-order valence-electron chi connectivity index (χ4n) is 1.87. The van der Waals surface area contributed by atoms with Crippen molar-refractivity contribution < 1.29 is 14.3 Å². The summed E-state index contributed by atoms with van der Waals surface area (Å²) in [7, 11) is 1.49. The van der Waals surface area contributed by atoms with Gasteiger partial charge in [-0.3, -0.25) is 0 Å². The molecule has 0 N–H and O–H groups in total. The number of ether oxygens (including phenoxy) is 2. The molecule has 0 aliphatic carbocycles. The molecule has 6 heteroatoms. The number of carbonyl (C=O) groups excluding carboxylic acids is 1. The van der Waals surface area contributed by atoms with Gasteiger partial charge in [-0.05, 0) is 18.6 Å². The van der Waals surface area contributed by atoms with E-state index in [9.17, 15) is 4.79 Å². The van der Waals surface area contributed by atoms with E-state index in [1.165, 1.54) is 7.11 Å². The number of halogens is 3. The smallest absolute Gasteiger partial charge is 0.339 e. The molecule has 1 aromatic carbocycles. The lowest BCUT2D eigenvalue weighted by atomic mass is 10.00. The molecule has 3 nitrogen and oxygen atoms in total. The zero-order chi connectivity index (χ0) is 12.8. The number of alkyl halides is 3. The van der Waals surface area contributed by atoms with Crippen LogP contribution in [0.4, 0.5) is 0 Å². The maximum absolute atomic E-state index is 11.8. The second-order valence-electron chi connectivity index (χ2n) is 3.70. The summed E-state index contributed by atoms with van der Waals surface area (Å²) in [6, 6.07) is 3.49. The molecule has 0 saturated carbocycles. The third kappa shape index (κ3) is 2.07. The van der Waals surface area contributed by atoms with Crippen molar-refractivity contribution in [2.75, 3.05) is 7.11 Å². The Morgan fingerprint density at radius 1 is 1.35 bits per heavy atom. The maximum atomic E-state index is 11.8. The molecule has 0 saturated heterocycles. The van der Waals surface area contributed by atoms with Gasteiger partial charge in [0, 0.05) is 0 Å². The van der Waals surface area contributed by atoms with Crippen molar-refractivity contribution in [3.8, 4) is 5.75 Å². The Hall–Kier alpha value is -0.640. The number of carbonyl (C=O) groups is 1.